The summed E-state index contributed by atoms with van der Waals surface area (Å²) in [4.78, 5) is 29.1. The summed E-state index contributed by atoms with van der Waals surface area (Å²) in [5.41, 5.74) is 1.15. The van der Waals surface area contributed by atoms with Gasteiger partial charge in [-0.15, -0.1) is 0 Å². The van der Waals surface area contributed by atoms with E-state index in [0.29, 0.717) is 5.91 Å². The highest BCUT2D eigenvalue weighted by Gasteiger charge is 2.65. The predicted molar refractivity (Wildman–Crippen MR) is 110 cm³/mol. The number of likely N-dealkylation sites (tertiary alicyclic amines) is 2. The van der Waals surface area contributed by atoms with Gasteiger partial charge in [0.25, 0.3) is 0 Å². The van der Waals surface area contributed by atoms with Crippen molar-refractivity contribution in [3.05, 3.63) is 40.8 Å². The van der Waals surface area contributed by atoms with Crippen molar-refractivity contribution in [2.24, 2.45) is 10.8 Å². The van der Waals surface area contributed by atoms with E-state index in [-0.39, 0.29) is 10.8 Å². The third kappa shape index (κ3) is 2.75. The van der Waals surface area contributed by atoms with Crippen molar-refractivity contribution >= 4 is 23.2 Å². The summed E-state index contributed by atoms with van der Waals surface area (Å²) in [6.45, 7) is 5.64. The van der Waals surface area contributed by atoms with Crippen LogP contribution >= 0.6 is 11.3 Å². The van der Waals surface area contributed by atoms with E-state index in [2.05, 4.69) is 36.6 Å². The average molecular weight is 398 g/mol. The van der Waals surface area contributed by atoms with Crippen LogP contribution in [0.2, 0.25) is 0 Å². The number of anilines is 1. The number of amides is 1. The highest BCUT2D eigenvalue weighted by molar-refractivity contribution is 7.07. The van der Waals surface area contributed by atoms with Gasteiger partial charge in [0.1, 0.15) is 0 Å². The molecule has 1 atom stereocenters. The van der Waals surface area contributed by atoms with Crippen molar-refractivity contribution in [3.63, 3.8) is 0 Å². The molecule has 1 amide bonds. The minimum absolute atomic E-state index is 0.0270. The summed E-state index contributed by atoms with van der Waals surface area (Å²) < 4.78 is 0. The zero-order chi connectivity index (χ0) is 19.2. The van der Waals surface area contributed by atoms with Gasteiger partial charge in [-0.1, -0.05) is 0 Å². The molecule has 0 N–H and O–H groups in total. The summed E-state index contributed by atoms with van der Waals surface area (Å²) in [5, 5.41) is 4.39. The number of carbonyl (C=O) groups excluding carboxylic acids is 1. The lowest BCUT2D eigenvalue weighted by atomic mass is 9.60. The van der Waals surface area contributed by atoms with Crippen molar-refractivity contribution in [3.8, 4) is 0 Å². The second-order valence-corrected chi connectivity index (χ2v) is 9.43. The molecule has 7 heteroatoms. The maximum absolute atomic E-state index is 13.4. The van der Waals surface area contributed by atoms with Gasteiger partial charge in [-0.05, 0) is 60.8 Å². The molecular weight excluding hydrogens is 370 g/mol. The van der Waals surface area contributed by atoms with Gasteiger partial charge in [0.2, 0.25) is 11.9 Å². The number of nitrogens with zero attached hydrogens (tertiary/aromatic N) is 5. The third-order valence-electron chi connectivity index (χ3n) is 7.23. The lowest BCUT2D eigenvalue weighted by Gasteiger charge is -2.46. The van der Waals surface area contributed by atoms with Gasteiger partial charge in [0.05, 0.1) is 5.41 Å². The van der Waals surface area contributed by atoms with Crippen molar-refractivity contribution in [1.82, 2.24) is 19.8 Å². The topological polar surface area (TPSA) is 52.6 Å². The van der Waals surface area contributed by atoms with Crippen LogP contribution in [0, 0.1) is 10.8 Å². The van der Waals surface area contributed by atoms with Crippen LogP contribution < -0.4 is 4.90 Å². The molecule has 28 heavy (non-hydrogen) atoms. The molecule has 0 saturated carbocycles. The molecule has 3 aliphatic heterocycles. The van der Waals surface area contributed by atoms with Crippen LogP contribution in [0.15, 0.2) is 35.3 Å². The molecule has 0 aliphatic carbocycles. The van der Waals surface area contributed by atoms with Crippen LogP contribution in [0.4, 0.5) is 5.95 Å². The molecule has 5 heterocycles. The van der Waals surface area contributed by atoms with Crippen molar-refractivity contribution < 1.29 is 4.79 Å². The largest absolute Gasteiger partial charge is 0.345 e. The maximum atomic E-state index is 13.4. The molecular formula is C21H27N5OS. The lowest BCUT2D eigenvalue weighted by Crippen LogP contribution is -2.52. The van der Waals surface area contributed by atoms with E-state index >= 15 is 0 Å². The number of thiophene rings is 1. The molecule has 2 spiro atoms. The fraction of sp³-hybridized carbons (Fsp3) is 0.571. The molecule has 0 radical (unpaired) electrons. The van der Waals surface area contributed by atoms with E-state index in [1.165, 1.54) is 5.56 Å². The second kappa shape index (κ2) is 6.81. The van der Waals surface area contributed by atoms with Crippen molar-refractivity contribution in [2.75, 3.05) is 44.7 Å². The summed E-state index contributed by atoms with van der Waals surface area (Å²) in [7, 11) is 1.96. The van der Waals surface area contributed by atoms with E-state index < -0.39 is 0 Å². The van der Waals surface area contributed by atoms with Crippen LogP contribution in [0.25, 0.3) is 0 Å². The first-order chi connectivity index (χ1) is 13.6. The number of fused-ring (bicyclic) bond motifs is 1. The zero-order valence-corrected chi connectivity index (χ0v) is 17.2. The first-order valence-electron chi connectivity index (χ1n) is 10.1. The number of rotatable bonds is 3. The van der Waals surface area contributed by atoms with E-state index in [1.807, 2.05) is 18.0 Å². The summed E-state index contributed by atoms with van der Waals surface area (Å²) in [5.74, 6) is 1.10. The smallest absolute Gasteiger partial charge is 0.231 e. The standard InChI is InChI=1S/C21H27N5OS/c1-24-9-6-21(18(24)27)16-26(19-22-7-2-8-23-19)15-20(21)4-10-25(11-5-20)13-17-3-12-28-14-17/h2-3,7-8,12,14H,4-6,9-11,13,15-16H2,1H3/t21-/m0/s1. The molecule has 0 unspecified atom stereocenters. The van der Waals surface area contributed by atoms with Gasteiger partial charge in [0.15, 0.2) is 0 Å². The molecule has 3 aliphatic rings. The second-order valence-electron chi connectivity index (χ2n) is 8.65. The maximum Gasteiger partial charge on any atom is 0.231 e. The predicted octanol–water partition coefficient (Wildman–Crippen LogP) is 2.49. The van der Waals surface area contributed by atoms with E-state index in [4.69, 9.17) is 0 Å². The fourth-order valence-electron chi connectivity index (χ4n) is 5.65. The Morgan fingerprint density at radius 3 is 2.54 bits per heavy atom. The molecule has 3 fully saturated rings. The Hall–Kier alpha value is -1.99. The first-order valence-corrected chi connectivity index (χ1v) is 11.1. The third-order valence-corrected chi connectivity index (χ3v) is 7.97. The van der Waals surface area contributed by atoms with Crippen LogP contribution in [0.3, 0.4) is 0 Å². The summed E-state index contributed by atoms with van der Waals surface area (Å²) >= 11 is 1.76. The van der Waals surface area contributed by atoms with Crippen LogP contribution in [-0.2, 0) is 11.3 Å². The Bertz CT molecular complexity index is 834. The molecule has 2 aromatic rings. The van der Waals surface area contributed by atoms with E-state index in [0.717, 1.165) is 64.5 Å². The summed E-state index contributed by atoms with van der Waals surface area (Å²) in [6.07, 6.45) is 6.69. The highest BCUT2D eigenvalue weighted by atomic mass is 32.1. The summed E-state index contributed by atoms with van der Waals surface area (Å²) in [6, 6.07) is 4.07. The normalized spacial score (nSPS) is 27.4. The Morgan fingerprint density at radius 1 is 1.11 bits per heavy atom. The molecule has 2 aromatic heterocycles. The lowest BCUT2D eigenvalue weighted by molar-refractivity contribution is -0.141. The monoisotopic (exact) mass is 397 g/mol. The van der Waals surface area contributed by atoms with Crippen molar-refractivity contribution in [2.45, 2.75) is 25.8 Å². The van der Waals surface area contributed by atoms with Gasteiger partial charge < -0.3 is 9.80 Å². The van der Waals surface area contributed by atoms with E-state index in [1.54, 1.807) is 23.7 Å². The molecule has 0 bridgehead atoms. The number of aromatic nitrogens is 2. The Labute approximate surface area is 170 Å². The fourth-order valence-corrected chi connectivity index (χ4v) is 6.31. The Kier molecular flexibility index (Phi) is 4.39. The van der Waals surface area contributed by atoms with Gasteiger partial charge >= 0.3 is 0 Å². The SMILES string of the molecule is CN1CC[C@]2(CN(c3ncccn3)CC23CCN(Cc2ccsc2)CC3)C1=O. The van der Waals surface area contributed by atoms with Crippen molar-refractivity contribution in [1.29, 1.82) is 0 Å². The quantitative estimate of drug-likeness (QED) is 0.797. The minimum atomic E-state index is -0.282. The minimum Gasteiger partial charge on any atom is -0.345 e. The van der Waals surface area contributed by atoms with Gasteiger partial charge in [-0.25, -0.2) is 9.97 Å². The highest BCUT2D eigenvalue weighted by Crippen LogP contribution is 2.58. The van der Waals surface area contributed by atoms with Gasteiger partial charge in [0, 0.05) is 51.0 Å². The molecule has 5 rings (SSSR count). The average Bonchev–Trinajstić information content (AvgIpc) is 3.42. The van der Waals surface area contributed by atoms with Gasteiger partial charge in [-0.3, -0.25) is 9.69 Å². The van der Waals surface area contributed by atoms with E-state index in [9.17, 15) is 4.79 Å². The zero-order valence-electron chi connectivity index (χ0n) is 16.4. The number of carbonyl (C=O) groups is 1. The number of hydrogen-bond acceptors (Lipinski definition) is 6. The molecule has 0 aromatic carbocycles. The number of piperidine rings is 1. The Morgan fingerprint density at radius 2 is 1.89 bits per heavy atom. The van der Waals surface area contributed by atoms with Crippen LogP contribution in [-0.4, -0.2) is 65.4 Å². The Balaban J connectivity index is 1.40. The molecule has 148 valence electrons. The van der Waals surface area contributed by atoms with Gasteiger partial charge in [-0.2, -0.15) is 11.3 Å². The van der Waals surface area contributed by atoms with Crippen LogP contribution in [0.5, 0.6) is 0 Å². The number of hydrogen-bond donors (Lipinski definition) is 0. The molecule has 6 nitrogen and oxygen atoms in total. The van der Waals surface area contributed by atoms with Crippen LogP contribution in [0.1, 0.15) is 24.8 Å². The molecule has 3 saturated heterocycles. The first kappa shape index (κ1) is 18.1.